The van der Waals surface area contributed by atoms with Crippen molar-refractivity contribution < 1.29 is 4.79 Å². The number of carbonyl (C=O) groups is 1. The summed E-state index contributed by atoms with van der Waals surface area (Å²) in [6.07, 6.45) is 8.63. The molecule has 4 rings (SSSR count). The van der Waals surface area contributed by atoms with E-state index in [-0.39, 0.29) is 5.92 Å². The zero-order valence-electron chi connectivity index (χ0n) is 14.2. The molecule has 6 nitrogen and oxygen atoms in total. The highest BCUT2D eigenvalue weighted by molar-refractivity contribution is 5.83. The van der Waals surface area contributed by atoms with Gasteiger partial charge in [-0.15, -0.1) is 0 Å². The number of carbonyl (C=O) groups excluding carboxylic acids is 1. The smallest absolute Gasteiger partial charge is 0.226 e. The minimum absolute atomic E-state index is 0.154. The molecule has 0 unspecified atom stereocenters. The summed E-state index contributed by atoms with van der Waals surface area (Å²) in [7, 11) is 1.92. The second-order valence-corrected chi connectivity index (χ2v) is 6.87. The second-order valence-electron chi connectivity index (χ2n) is 6.87. The molecule has 2 atom stereocenters. The summed E-state index contributed by atoms with van der Waals surface area (Å²) in [5, 5.41) is 4.22. The highest BCUT2D eigenvalue weighted by atomic mass is 16.2. The van der Waals surface area contributed by atoms with E-state index in [9.17, 15) is 4.79 Å². The lowest BCUT2D eigenvalue weighted by Crippen LogP contribution is -2.49. The van der Waals surface area contributed by atoms with Crippen LogP contribution in [-0.4, -0.2) is 51.8 Å². The average Bonchev–Trinajstić information content (AvgIpc) is 3.29. The molecule has 0 N–H and O–H groups in total. The molecule has 2 aromatic rings. The Kier molecular flexibility index (Phi) is 3.75. The van der Waals surface area contributed by atoms with E-state index in [2.05, 4.69) is 21.9 Å². The summed E-state index contributed by atoms with van der Waals surface area (Å²) in [6.45, 7) is 5.45. The van der Waals surface area contributed by atoms with Gasteiger partial charge in [0.05, 0.1) is 18.1 Å². The van der Waals surface area contributed by atoms with Crippen LogP contribution >= 0.6 is 0 Å². The predicted octanol–water partition coefficient (Wildman–Crippen LogP) is 1.58. The van der Waals surface area contributed by atoms with Gasteiger partial charge in [-0.3, -0.25) is 14.5 Å². The number of aryl methyl sites for hydroxylation is 2. The molecule has 6 heteroatoms. The Morgan fingerprint density at radius 1 is 1.21 bits per heavy atom. The molecule has 2 aromatic heterocycles. The monoisotopic (exact) mass is 325 g/mol. The van der Waals surface area contributed by atoms with Crippen molar-refractivity contribution in [2.75, 3.05) is 31.1 Å². The van der Waals surface area contributed by atoms with Gasteiger partial charge in [0.2, 0.25) is 5.91 Å². The Hall–Kier alpha value is -2.37. The molecule has 0 spiro atoms. The number of hydrogen-bond acceptors (Lipinski definition) is 4. The first-order chi connectivity index (χ1) is 11.6. The molecule has 1 saturated heterocycles. The molecule has 0 bridgehead atoms. The van der Waals surface area contributed by atoms with Crippen LogP contribution in [0.1, 0.15) is 23.5 Å². The van der Waals surface area contributed by atoms with Crippen molar-refractivity contribution in [2.45, 2.75) is 19.3 Å². The largest absolute Gasteiger partial charge is 0.367 e. The summed E-state index contributed by atoms with van der Waals surface area (Å²) >= 11 is 0. The van der Waals surface area contributed by atoms with Crippen molar-refractivity contribution >= 4 is 11.6 Å². The fourth-order valence-corrected chi connectivity index (χ4v) is 3.66. The Balaban J connectivity index is 1.35. The molecule has 2 aliphatic rings. The molecule has 0 radical (unpaired) electrons. The normalized spacial score (nSPS) is 23.4. The zero-order chi connectivity index (χ0) is 16.7. The van der Waals surface area contributed by atoms with Crippen LogP contribution < -0.4 is 4.90 Å². The number of anilines is 1. The molecule has 1 aliphatic carbocycles. The van der Waals surface area contributed by atoms with Crippen LogP contribution in [0.3, 0.4) is 0 Å². The second kappa shape index (κ2) is 5.92. The Labute approximate surface area is 142 Å². The molecule has 2 fully saturated rings. The van der Waals surface area contributed by atoms with E-state index in [1.165, 1.54) is 16.8 Å². The average molecular weight is 325 g/mol. The lowest BCUT2D eigenvalue weighted by atomic mass is 10.1. The van der Waals surface area contributed by atoms with E-state index in [1.807, 2.05) is 47.5 Å². The summed E-state index contributed by atoms with van der Waals surface area (Å²) in [5.41, 5.74) is 3.62. The van der Waals surface area contributed by atoms with Gasteiger partial charge in [-0.25, -0.2) is 0 Å². The molecule has 1 saturated carbocycles. The van der Waals surface area contributed by atoms with E-state index in [1.54, 1.807) is 0 Å². The van der Waals surface area contributed by atoms with Crippen LogP contribution in [0.2, 0.25) is 0 Å². The lowest BCUT2D eigenvalue weighted by molar-refractivity contribution is -0.132. The number of aromatic nitrogens is 3. The van der Waals surface area contributed by atoms with Gasteiger partial charge >= 0.3 is 0 Å². The van der Waals surface area contributed by atoms with E-state index < -0.39 is 0 Å². The highest BCUT2D eigenvalue weighted by Crippen LogP contribution is 2.48. The fraction of sp³-hybridized carbons (Fsp3) is 0.500. The van der Waals surface area contributed by atoms with E-state index in [0.717, 1.165) is 32.6 Å². The predicted molar refractivity (Wildman–Crippen MR) is 91.8 cm³/mol. The molecule has 1 amide bonds. The highest BCUT2D eigenvalue weighted by Gasteiger charge is 2.46. The van der Waals surface area contributed by atoms with Crippen molar-refractivity contribution in [2.24, 2.45) is 13.0 Å². The van der Waals surface area contributed by atoms with Gasteiger partial charge in [0.1, 0.15) is 0 Å². The first kappa shape index (κ1) is 15.2. The summed E-state index contributed by atoms with van der Waals surface area (Å²) in [5.74, 6) is 0.831. The number of rotatable bonds is 3. The number of pyridine rings is 1. The maximum Gasteiger partial charge on any atom is 0.226 e. The van der Waals surface area contributed by atoms with E-state index in [4.69, 9.17) is 0 Å². The van der Waals surface area contributed by atoms with Crippen molar-refractivity contribution in [1.29, 1.82) is 0 Å². The van der Waals surface area contributed by atoms with Gasteiger partial charge < -0.3 is 9.80 Å². The lowest BCUT2D eigenvalue weighted by Gasteiger charge is -2.36. The third-order valence-electron chi connectivity index (χ3n) is 5.20. The molecule has 126 valence electrons. The molecule has 1 aliphatic heterocycles. The minimum Gasteiger partial charge on any atom is -0.367 e. The van der Waals surface area contributed by atoms with Gasteiger partial charge in [-0.2, -0.15) is 5.10 Å². The van der Waals surface area contributed by atoms with Crippen LogP contribution in [0, 0.1) is 12.8 Å². The number of hydrogen-bond donors (Lipinski definition) is 0. The number of piperazine rings is 1. The van der Waals surface area contributed by atoms with Crippen LogP contribution in [0.15, 0.2) is 30.9 Å². The van der Waals surface area contributed by atoms with E-state index >= 15 is 0 Å². The van der Waals surface area contributed by atoms with Crippen LogP contribution in [0.25, 0.3) is 0 Å². The standard InChI is InChI=1S/C18H23N5O/c1-13-3-4-19-11-17(13)22-5-7-23(8-6-22)18(24)16-9-15(16)14-10-20-21(2)12-14/h3-4,10-12,15-16H,5-9H2,1-2H3/t15-,16+/m0/s1. The quantitative estimate of drug-likeness (QED) is 0.860. The molecule has 24 heavy (non-hydrogen) atoms. The maximum atomic E-state index is 12.7. The fourth-order valence-electron chi connectivity index (χ4n) is 3.66. The first-order valence-corrected chi connectivity index (χ1v) is 8.56. The summed E-state index contributed by atoms with van der Waals surface area (Å²) < 4.78 is 1.81. The Morgan fingerprint density at radius 3 is 2.67 bits per heavy atom. The zero-order valence-corrected chi connectivity index (χ0v) is 14.2. The maximum absolute atomic E-state index is 12.7. The van der Waals surface area contributed by atoms with Crippen LogP contribution in [-0.2, 0) is 11.8 Å². The van der Waals surface area contributed by atoms with Gasteiger partial charge in [0.25, 0.3) is 0 Å². The number of amides is 1. The van der Waals surface area contributed by atoms with E-state index in [0.29, 0.717) is 11.8 Å². The van der Waals surface area contributed by atoms with Crippen molar-refractivity contribution in [1.82, 2.24) is 19.7 Å². The first-order valence-electron chi connectivity index (χ1n) is 8.56. The van der Waals surface area contributed by atoms with Gasteiger partial charge in [0.15, 0.2) is 0 Å². The third-order valence-corrected chi connectivity index (χ3v) is 5.20. The van der Waals surface area contributed by atoms with Crippen molar-refractivity contribution in [3.05, 3.63) is 42.0 Å². The van der Waals surface area contributed by atoms with Gasteiger partial charge in [-0.1, -0.05) is 0 Å². The topological polar surface area (TPSA) is 54.3 Å². The summed E-state index contributed by atoms with van der Waals surface area (Å²) in [4.78, 5) is 21.3. The third kappa shape index (κ3) is 2.77. The van der Waals surface area contributed by atoms with Gasteiger partial charge in [0, 0.05) is 51.5 Å². The molecular weight excluding hydrogens is 302 g/mol. The van der Waals surface area contributed by atoms with Crippen LogP contribution in [0.4, 0.5) is 5.69 Å². The van der Waals surface area contributed by atoms with Crippen molar-refractivity contribution in [3.8, 4) is 0 Å². The summed E-state index contributed by atoms with van der Waals surface area (Å²) in [6, 6.07) is 2.04. The van der Waals surface area contributed by atoms with Crippen molar-refractivity contribution in [3.63, 3.8) is 0 Å². The minimum atomic E-state index is 0.154. The SMILES string of the molecule is Cc1ccncc1N1CCN(C(=O)[C@@H]2C[C@H]2c2cnn(C)c2)CC1. The van der Waals surface area contributed by atoms with Gasteiger partial charge in [-0.05, 0) is 36.5 Å². The van der Waals surface area contributed by atoms with Crippen LogP contribution in [0.5, 0.6) is 0 Å². The molecular formula is C18H23N5O. The molecule has 0 aromatic carbocycles. The Morgan fingerprint density at radius 2 is 2.00 bits per heavy atom. The Bertz CT molecular complexity index is 747. The molecule has 3 heterocycles. The number of nitrogens with zero attached hydrogens (tertiary/aromatic N) is 5.